The molecule has 1 aliphatic rings. The van der Waals surface area contributed by atoms with Crippen LogP contribution in [0.4, 0.5) is 11.5 Å². The largest absolute Gasteiger partial charge is 0.489 e. The number of hydrogen-bond acceptors (Lipinski definition) is 7. The number of aromatic amines is 1. The Morgan fingerprint density at radius 1 is 1.24 bits per heavy atom. The fraction of sp³-hybridized carbons (Fsp3) is 0.250. The van der Waals surface area contributed by atoms with Gasteiger partial charge in [0.05, 0.1) is 35.5 Å². The van der Waals surface area contributed by atoms with E-state index in [9.17, 15) is 0 Å². The van der Waals surface area contributed by atoms with Crippen molar-refractivity contribution in [2.75, 3.05) is 39.1 Å². The maximum absolute atomic E-state index is 8.78. The van der Waals surface area contributed by atoms with Crippen molar-refractivity contribution in [1.82, 2.24) is 29.0 Å². The smallest absolute Gasteiger partial charge is 0.175 e. The molecule has 174 valence electrons. The fourth-order valence-electron chi connectivity index (χ4n) is 3.80. The lowest BCUT2D eigenvalue weighted by molar-refractivity contribution is 0.259. The molecule has 3 N–H and O–H groups in total. The van der Waals surface area contributed by atoms with Gasteiger partial charge in [0.15, 0.2) is 5.82 Å². The van der Waals surface area contributed by atoms with Crippen molar-refractivity contribution in [2.45, 2.75) is 6.54 Å². The van der Waals surface area contributed by atoms with Gasteiger partial charge in [0.1, 0.15) is 18.1 Å². The maximum Gasteiger partial charge on any atom is 0.175 e. The second-order valence-electron chi connectivity index (χ2n) is 8.25. The Balaban J connectivity index is 1.48. The zero-order valence-corrected chi connectivity index (χ0v) is 19.2. The number of likely N-dealkylation sites (N-methyl/N-ethyl adjacent to an activating group) is 1. The zero-order chi connectivity index (χ0) is 23.5. The highest BCUT2D eigenvalue weighted by Crippen LogP contribution is 2.32. The summed E-state index contributed by atoms with van der Waals surface area (Å²) < 4.78 is 9.87. The van der Waals surface area contributed by atoms with Gasteiger partial charge < -0.3 is 24.5 Å². The first-order valence-electron chi connectivity index (χ1n) is 11.1. The summed E-state index contributed by atoms with van der Waals surface area (Å²) in [6.45, 7) is 2.73. The summed E-state index contributed by atoms with van der Waals surface area (Å²) in [5, 5.41) is 16.9. The van der Waals surface area contributed by atoms with E-state index in [-0.39, 0.29) is 0 Å². The molecule has 4 aromatic heterocycles. The molecule has 10 nitrogen and oxygen atoms in total. The molecule has 5 rings (SSSR count). The van der Waals surface area contributed by atoms with Crippen LogP contribution in [0.2, 0.25) is 0 Å². The van der Waals surface area contributed by atoms with Gasteiger partial charge in [0, 0.05) is 49.5 Å². The van der Waals surface area contributed by atoms with E-state index >= 15 is 0 Å². The van der Waals surface area contributed by atoms with Crippen LogP contribution in [-0.2, 0) is 11.3 Å². The van der Waals surface area contributed by atoms with Gasteiger partial charge in [-0.2, -0.15) is 0 Å². The number of rotatable bonds is 9. The number of hydrogen-bond donors (Lipinski definition) is 3. The molecule has 0 atom stereocenters. The first kappa shape index (κ1) is 21.7. The number of pyridine rings is 1. The molecule has 0 spiro atoms. The first-order chi connectivity index (χ1) is 16.6. The van der Waals surface area contributed by atoms with Crippen LogP contribution in [0.1, 0.15) is 11.3 Å². The molecular weight excluding hydrogens is 430 g/mol. The molecule has 0 aliphatic heterocycles. The second kappa shape index (κ2) is 9.36. The Hall–Kier alpha value is -4.18. The summed E-state index contributed by atoms with van der Waals surface area (Å²) in [5.41, 5.74) is 3.99. The third-order valence-electron chi connectivity index (χ3n) is 5.55. The van der Waals surface area contributed by atoms with E-state index in [1.54, 1.807) is 17.0 Å². The van der Waals surface area contributed by atoms with E-state index in [4.69, 9.17) is 15.1 Å². The molecule has 10 heteroatoms. The van der Waals surface area contributed by atoms with Crippen LogP contribution in [0, 0.1) is 5.41 Å². The number of H-pyrrole nitrogens is 1. The number of anilines is 1. The molecule has 0 saturated carbocycles. The number of aliphatic imine (C=N–C) groups is 1. The van der Waals surface area contributed by atoms with Crippen LogP contribution in [0.3, 0.4) is 0 Å². The first-order valence-corrected chi connectivity index (χ1v) is 11.1. The van der Waals surface area contributed by atoms with Crippen LogP contribution in [0.25, 0.3) is 11.3 Å². The molecule has 0 amide bonds. The highest BCUT2D eigenvalue weighted by Gasteiger charge is 2.25. The molecule has 0 fully saturated rings. The number of fused-ring (bicyclic) bond motifs is 2. The average Bonchev–Trinajstić information content (AvgIpc) is 3.57. The molecule has 0 aromatic carbocycles. The van der Waals surface area contributed by atoms with E-state index < -0.39 is 0 Å². The van der Waals surface area contributed by atoms with Crippen LogP contribution in [0.5, 0.6) is 0 Å². The van der Waals surface area contributed by atoms with Crippen LogP contribution >= 0.6 is 0 Å². The molecule has 0 unspecified atom stereocenters. The standard InChI is InChI=1S/C24H27N9O/c1-31(2)11-9-28-24-23(19-5-3-4-10-33(19)30-24)29-18-15-20(22-17(21(18)25)6-7-27-22)34-14-13-32-12-8-26-16-32/h3-8,10,12,15-16,25,27H,9,11,13-14H2,1-2H3,(H,28,30)/b25-21?,29-18+. The van der Waals surface area contributed by atoms with Crippen molar-refractivity contribution in [2.24, 2.45) is 4.99 Å². The number of ether oxygens (including phenoxy) is 1. The maximum atomic E-state index is 8.78. The lowest BCUT2D eigenvalue weighted by atomic mass is 9.98. The van der Waals surface area contributed by atoms with Crippen LogP contribution in [-0.4, -0.2) is 74.3 Å². The molecule has 0 radical (unpaired) electrons. The minimum absolute atomic E-state index is 0.340. The van der Waals surface area contributed by atoms with E-state index in [0.717, 1.165) is 29.9 Å². The molecular formula is C24H27N9O. The van der Waals surface area contributed by atoms with Crippen molar-refractivity contribution < 1.29 is 4.74 Å². The molecule has 1 aliphatic carbocycles. The average molecular weight is 458 g/mol. The Morgan fingerprint density at radius 3 is 2.97 bits per heavy atom. The molecule has 0 saturated heterocycles. The van der Waals surface area contributed by atoms with Gasteiger partial charge in [-0.15, -0.1) is 5.10 Å². The van der Waals surface area contributed by atoms with Gasteiger partial charge >= 0.3 is 0 Å². The fourth-order valence-corrected chi connectivity index (χ4v) is 3.80. The third kappa shape index (κ3) is 4.35. The monoisotopic (exact) mass is 457 g/mol. The predicted molar refractivity (Wildman–Crippen MR) is 133 cm³/mol. The Bertz CT molecular complexity index is 1360. The highest BCUT2D eigenvalue weighted by molar-refractivity contribution is 6.54. The summed E-state index contributed by atoms with van der Waals surface area (Å²) in [7, 11) is 4.06. The molecule has 34 heavy (non-hydrogen) atoms. The summed E-state index contributed by atoms with van der Waals surface area (Å²) in [4.78, 5) is 14.3. The van der Waals surface area contributed by atoms with Crippen LogP contribution in [0.15, 0.2) is 66.4 Å². The third-order valence-corrected chi connectivity index (χ3v) is 5.55. The van der Waals surface area contributed by atoms with Gasteiger partial charge in [-0.3, -0.25) is 5.41 Å². The zero-order valence-electron chi connectivity index (χ0n) is 19.2. The quantitative estimate of drug-likeness (QED) is 0.358. The number of allylic oxidation sites excluding steroid dienone is 1. The minimum Gasteiger partial charge on any atom is -0.489 e. The van der Waals surface area contributed by atoms with E-state index in [0.29, 0.717) is 41.8 Å². The SMILES string of the molecule is CN(C)CCNc1nn2ccccc2c1/N=C1\C=C(OCCn2ccnc2)c2[nH]ccc2C1=N. The van der Waals surface area contributed by atoms with E-state index in [1.165, 1.54) is 0 Å². The number of nitrogens with one attached hydrogen (secondary N) is 3. The molecule has 0 bridgehead atoms. The Labute approximate surface area is 197 Å². The molecule has 4 heterocycles. The van der Waals surface area contributed by atoms with Crippen molar-refractivity contribution in [3.63, 3.8) is 0 Å². The Kier molecular flexibility index (Phi) is 5.96. The normalized spacial score (nSPS) is 14.6. The van der Waals surface area contributed by atoms with Gasteiger partial charge in [0.2, 0.25) is 0 Å². The molecule has 4 aromatic rings. The van der Waals surface area contributed by atoms with Gasteiger partial charge in [-0.25, -0.2) is 14.5 Å². The highest BCUT2D eigenvalue weighted by atomic mass is 16.5. The van der Waals surface area contributed by atoms with Gasteiger partial charge in [-0.1, -0.05) is 6.07 Å². The number of aromatic nitrogens is 5. The lowest BCUT2D eigenvalue weighted by Gasteiger charge is -2.18. The summed E-state index contributed by atoms with van der Waals surface area (Å²) >= 11 is 0. The predicted octanol–water partition coefficient (Wildman–Crippen LogP) is 3.04. The van der Waals surface area contributed by atoms with Crippen molar-refractivity contribution in [3.05, 3.63) is 72.7 Å². The van der Waals surface area contributed by atoms with Gasteiger partial charge in [-0.05, 0) is 32.3 Å². The minimum atomic E-state index is 0.340. The summed E-state index contributed by atoms with van der Waals surface area (Å²) in [6.07, 6.45) is 10.9. The second-order valence-corrected chi connectivity index (χ2v) is 8.25. The topological polar surface area (TPSA) is 112 Å². The number of nitrogens with zero attached hydrogens (tertiary/aromatic N) is 6. The van der Waals surface area contributed by atoms with Gasteiger partial charge in [0.25, 0.3) is 0 Å². The lowest BCUT2D eigenvalue weighted by Crippen LogP contribution is -2.21. The Morgan fingerprint density at radius 2 is 2.15 bits per heavy atom. The van der Waals surface area contributed by atoms with Crippen molar-refractivity contribution in [3.8, 4) is 0 Å². The van der Waals surface area contributed by atoms with E-state index in [2.05, 4.69) is 25.3 Å². The number of imidazole rings is 1. The van der Waals surface area contributed by atoms with Crippen LogP contribution < -0.4 is 5.32 Å². The van der Waals surface area contributed by atoms with Crippen molar-refractivity contribution in [1.29, 1.82) is 5.41 Å². The summed E-state index contributed by atoms with van der Waals surface area (Å²) in [5.74, 6) is 1.35. The van der Waals surface area contributed by atoms with E-state index in [1.807, 2.05) is 67.6 Å². The van der Waals surface area contributed by atoms with Crippen molar-refractivity contribution >= 4 is 34.2 Å². The summed E-state index contributed by atoms with van der Waals surface area (Å²) in [6, 6.07) is 7.75.